The van der Waals surface area contributed by atoms with E-state index < -0.39 is 0 Å². The van der Waals surface area contributed by atoms with Crippen LogP contribution in [0.4, 0.5) is 4.39 Å². The van der Waals surface area contributed by atoms with Crippen molar-refractivity contribution in [3.63, 3.8) is 0 Å². The van der Waals surface area contributed by atoms with Gasteiger partial charge in [0.15, 0.2) is 0 Å². The van der Waals surface area contributed by atoms with Crippen molar-refractivity contribution in [3.8, 4) is 5.69 Å². The molecule has 1 unspecified atom stereocenters. The van der Waals surface area contributed by atoms with Gasteiger partial charge in [-0.1, -0.05) is 12.1 Å². The zero-order chi connectivity index (χ0) is 11.1. The molecular weight excluding hydrogens is 205 g/mol. The van der Waals surface area contributed by atoms with E-state index in [1.165, 1.54) is 6.07 Å². The Morgan fingerprint density at radius 1 is 1.38 bits per heavy atom. The molecule has 3 nitrogen and oxygen atoms in total. The third kappa shape index (κ3) is 1.34. The van der Waals surface area contributed by atoms with Crippen LogP contribution in [0, 0.1) is 5.82 Å². The minimum atomic E-state index is -0.266. The van der Waals surface area contributed by atoms with E-state index in [0.717, 1.165) is 24.1 Å². The van der Waals surface area contributed by atoms with Gasteiger partial charge in [-0.2, -0.15) is 5.10 Å². The molecule has 0 spiro atoms. The molecule has 1 aromatic heterocycles. The molecule has 0 fully saturated rings. The number of fused-ring (bicyclic) bond motifs is 1. The number of benzene rings is 1. The van der Waals surface area contributed by atoms with Gasteiger partial charge < -0.3 is 5.73 Å². The minimum Gasteiger partial charge on any atom is -0.323 e. The predicted molar refractivity (Wildman–Crippen MR) is 58.8 cm³/mol. The Labute approximate surface area is 92.7 Å². The molecule has 0 bridgehead atoms. The fraction of sp³-hybridized carbons (Fsp3) is 0.250. The van der Waals surface area contributed by atoms with Crippen LogP contribution in [0.3, 0.4) is 0 Å². The smallest absolute Gasteiger partial charge is 0.148 e. The number of rotatable bonds is 1. The molecule has 0 amide bonds. The Kier molecular flexibility index (Phi) is 2.04. The summed E-state index contributed by atoms with van der Waals surface area (Å²) in [5.41, 5.74) is 8.42. The van der Waals surface area contributed by atoms with E-state index in [-0.39, 0.29) is 11.9 Å². The second kappa shape index (κ2) is 3.42. The van der Waals surface area contributed by atoms with E-state index in [2.05, 4.69) is 5.10 Å². The number of hydrogen-bond acceptors (Lipinski definition) is 2. The lowest BCUT2D eigenvalue weighted by atomic mass is 10.3. The van der Waals surface area contributed by atoms with Gasteiger partial charge in [-0.25, -0.2) is 9.07 Å². The quantitative estimate of drug-likeness (QED) is 0.793. The predicted octanol–water partition coefficient (Wildman–Crippen LogP) is 1.96. The van der Waals surface area contributed by atoms with E-state index >= 15 is 0 Å². The van der Waals surface area contributed by atoms with Gasteiger partial charge in [0.1, 0.15) is 11.5 Å². The summed E-state index contributed by atoms with van der Waals surface area (Å²) in [6.07, 6.45) is 3.75. The van der Waals surface area contributed by atoms with E-state index in [4.69, 9.17) is 5.73 Å². The van der Waals surface area contributed by atoms with Crippen molar-refractivity contribution in [2.45, 2.75) is 18.9 Å². The molecule has 0 saturated heterocycles. The maximum Gasteiger partial charge on any atom is 0.148 e. The first-order valence-electron chi connectivity index (χ1n) is 5.34. The van der Waals surface area contributed by atoms with Gasteiger partial charge in [0, 0.05) is 12.2 Å². The minimum absolute atomic E-state index is 0.00280. The molecule has 1 heterocycles. The van der Waals surface area contributed by atoms with Crippen molar-refractivity contribution >= 4 is 0 Å². The number of nitrogens with zero attached hydrogens (tertiary/aromatic N) is 2. The first-order valence-corrected chi connectivity index (χ1v) is 5.34. The first-order chi connectivity index (χ1) is 7.75. The van der Waals surface area contributed by atoms with E-state index in [1.807, 2.05) is 6.20 Å². The Morgan fingerprint density at radius 3 is 2.94 bits per heavy atom. The van der Waals surface area contributed by atoms with Gasteiger partial charge in [-0.3, -0.25) is 0 Å². The fourth-order valence-corrected chi connectivity index (χ4v) is 2.14. The van der Waals surface area contributed by atoms with Crippen molar-refractivity contribution in [2.75, 3.05) is 0 Å². The summed E-state index contributed by atoms with van der Waals surface area (Å²) < 4.78 is 15.1. The van der Waals surface area contributed by atoms with Gasteiger partial charge in [-0.15, -0.1) is 0 Å². The molecule has 1 atom stereocenters. The average Bonchev–Trinajstić information content (AvgIpc) is 2.82. The molecule has 3 rings (SSSR count). The van der Waals surface area contributed by atoms with Gasteiger partial charge in [0.05, 0.1) is 5.69 Å². The molecule has 1 aromatic carbocycles. The third-order valence-corrected chi connectivity index (χ3v) is 3.00. The second-order valence-electron chi connectivity index (χ2n) is 4.08. The van der Waals surface area contributed by atoms with Crippen molar-refractivity contribution in [2.24, 2.45) is 5.73 Å². The monoisotopic (exact) mass is 217 g/mol. The summed E-state index contributed by atoms with van der Waals surface area (Å²) in [5.74, 6) is -0.266. The Morgan fingerprint density at radius 2 is 2.19 bits per heavy atom. The summed E-state index contributed by atoms with van der Waals surface area (Å²) in [6, 6.07) is 6.61. The van der Waals surface area contributed by atoms with Crippen LogP contribution in [0.5, 0.6) is 0 Å². The lowest BCUT2D eigenvalue weighted by Gasteiger charge is -2.04. The number of aryl methyl sites for hydroxylation is 1. The number of aromatic nitrogens is 2. The van der Waals surface area contributed by atoms with Gasteiger partial charge in [-0.05, 0) is 30.5 Å². The molecule has 2 aromatic rings. The standard InChI is InChI=1S/C12H12FN3/c13-9-3-1-2-4-11(9)16-7-8-5-6-10(14)12(8)15-16/h1-4,7,10H,5-6,14H2. The third-order valence-electron chi connectivity index (χ3n) is 3.00. The highest BCUT2D eigenvalue weighted by Gasteiger charge is 2.23. The molecule has 0 radical (unpaired) electrons. The van der Waals surface area contributed by atoms with Crippen molar-refractivity contribution < 1.29 is 4.39 Å². The van der Waals surface area contributed by atoms with Crippen molar-refractivity contribution in [3.05, 3.63) is 47.5 Å². The van der Waals surface area contributed by atoms with Crippen LogP contribution in [0.25, 0.3) is 5.69 Å². The van der Waals surface area contributed by atoms with Crippen LogP contribution in [0.2, 0.25) is 0 Å². The van der Waals surface area contributed by atoms with Crippen molar-refractivity contribution in [1.29, 1.82) is 0 Å². The molecule has 1 aliphatic carbocycles. The highest BCUT2D eigenvalue weighted by Crippen LogP contribution is 2.28. The largest absolute Gasteiger partial charge is 0.323 e. The molecule has 2 N–H and O–H groups in total. The van der Waals surface area contributed by atoms with Crippen LogP contribution in [0.15, 0.2) is 30.5 Å². The zero-order valence-corrected chi connectivity index (χ0v) is 8.73. The highest BCUT2D eigenvalue weighted by atomic mass is 19.1. The fourth-order valence-electron chi connectivity index (χ4n) is 2.14. The number of hydrogen-bond donors (Lipinski definition) is 1. The Balaban J connectivity index is 2.09. The van der Waals surface area contributed by atoms with Crippen LogP contribution in [-0.2, 0) is 6.42 Å². The first kappa shape index (κ1) is 9.54. The highest BCUT2D eigenvalue weighted by molar-refractivity contribution is 5.36. The Hall–Kier alpha value is -1.68. The molecule has 0 aliphatic heterocycles. The van der Waals surface area contributed by atoms with Crippen LogP contribution in [0.1, 0.15) is 23.7 Å². The lowest BCUT2D eigenvalue weighted by molar-refractivity contribution is 0.604. The van der Waals surface area contributed by atoms with Gasteiger partial charge in [0.2, 0.25) is 0 Å². The van der Waals surface area contributed by atoms with Crippen LogP contribution in [-0.4, -0.2) is 9.78 Å². The summed E-state index contributed by atoms with van der Waals surface area (Å²) in [4.78, 5) is 0. The summed E-state index contributed by atoms with van der Waals surface area (Å²) >= 11 is 0. The summed E-state index contributed by atoms with van der Waals surface area (Å²) in [7, 11) is 0. The molecular formula is C12H12FN3. The molecule has 4 heteroatoms. The summed E-state index contributed by atoms with van der Waals surface area (Å²) in [6.45, 7) is 0. The van der Waals surface area contributed by atoms with E-state index in [9.17, 15) is 4.39 Å². The van der Waals surface area contributed by atoms with Crippen LogP contribution < -0.4 is 5.73 Å². The average molecular weight is 217 g/mol. The number of halogens is 1. The summed E-state index contributed by atoms with van der Waals surface area (Å²) in [5, 5.41) is 4.35. The second-order valence-corrected chi connectivity index (χ2v) is 4.08. The maximum absolute atomic E-state index is 13.5. The molecule has 1 aliphatic rings. The van der Waals surface area contributed by atoms with Gasteiger partial charge >= 0.3 is 0 Å². The topological polar surface area (TPSA) is 43.8 Å². The van der Waals surface area contributed by atoms with E-state index in [1.54, 1.807) is 22.9 Å². The van der Waals surface area contributed by atoms with Crippen molar-refractivity contribution in [1.82, 2.24) is 9.78 Å². The van der Waals surface area contributed by atoms with Gasteiger partial charge in [0.25, 0.3) is 0 Å². The van der Waals surface area contributed by atoms with Crippen LogP contribution >= 0.6 is 0 Å². The Bertz CT molecular complexity index is 533. The van der Waals surface area contributed by atoms with E-state index in [0.29, 0.717) is 5.69 Å². The SMILES string of the molecule is NC1CCc2cn(-c3ccccc3F)nc21. The normalized spacial score (nSPS) is 18.8. The molecule has 0 saturated carbocycles. The number of para-hydroxylation sites is 1. The molecule has 16 heavy (non-hydrogen) atoms. The number of nitrogens with two attached hydrogens (primary N) is 1. The maximum atomic E-state index is 13.5. The zero-order valence-electron chi connectivity index (χ0n) is 8.73. The lowest BCUT2D eigenvalue weighted by Crippen LogP contribution is -2.08. The molecule has 82 valence electrons.